The zero-order valence-corrected chi connectivity index (χ0v) is 12.9. The second-order valence-electron chi connectivity index (χ2n) is 5.73. The first kappa shape index (κ1) is 14.0. The molecule has 3 heterocycles. The number of H-pyrrole nitrogens is 1. The van der Waals surface area contributed by atoms with E-state index < -0.39 is 0 Å². The molecule has 0 saturated carbocycles. The van der Waals surface area contributed by atoms with Gasteiger partial charge < -0.3 is 19.7 Å². The number of aromatic nitrogens is 3. The topological polar surface area (TPSA) is 74.3 Å². The van der Waals surface area contributed by atoms with Crippen LogP contribution in [0.4, 0.5) is 5.69 Å². The van der Waals surface area contributed by atoms with Gasteiger partial charge in [-0.25, -0.2) is 4.98 Å². The molecule has 1 aromatic carbocycles. The lowest BCUT2D eigenvalue weighted by atomic mass is 10.1. The molecule has 0 radical (unpaired) electrons. The minimum absolute atomic E-state index is 0.105. The van der Waals surface area contributed by atoms with Crippen molar-refractivity contribution in [2.45, 2.75) is 6.92 Å². The first-order valence-electron chi connectivity index (χ1n) is 7.70. The highest BCUT2D eigenvalue weighted by Crippen LogP contribution is 2.27. The Morgan fingerprint density at radius 3 is 2.61 bits per heavy atom. The Kier molecular flexibility index (Phi) is 3.38. The van der Waals surface area contributed by atoms with Crippen LogP contribution in [-0.4, -0.2) is 46.4 Å². The molecule has 0 bridgehead atoms. The minimum atomic E-state index is -0.105. The van der Waals surface area contributed by atoms with Crippen LogP contribution in [0.3, 0.4) is 0 Å². The smallest absolute Gasteiger partial charge is 0.293 e. The first-order valence-corrected chi connectivity index (χ1v) is 7.70. The molecule has 6 nitrogen and oxygen atoms in total. The Morgan fingerprint density at radius 1 is 1.13 bits per heavy atom. The second kappa shape index (κ2) is 5.55. The van der Waals surface area contributed by atoms with Crippen LogP contribution in [0.1, 0.15) is 5.56 Å². The molecule has 118 valence electrons. The van der Waals surface area contributed by atoms with Gasteiger partial charge >= 0.3 is 0 Å². The second-order valence-corrected chi connectivity index (χ2v) is 5.73. The maximum Gasteiger partial charge on any atom is 0.293 e. The number of pyridine rings is 1. The van der Waals surface area contributed by atoms with Crippen molar-refractivity contribution >= 4 is 16.9 Å². The van der Waals surface area contributed by atoms with Crippen molar-refractivity contribution in [3.8, 4) is 17.3 Å². The summed E-state index contributed by atoms with van der Waals surface area (Å²) in [6.07, 6.45) is 0. The van der Waals surface area contributed by atoms with Gasteiger partial charge in [-0.15, -0.1) is 0 Å². The number of nitrogens with one attached hydrogen (secondary N) is 1. The van der Waals surface area contributed by atoms with Crippen molar-refractivity contribution in [1.29, 1.82) is 0 Å². The molecule has 0 atom stereocenters. The number of anilines is 1. The number of imidazole rings is 1. The number of hydrogen-bond acceptors (Lipinski definition) is 5. The lowest BCUT2D eigenvalue weighted by Gasteiger charge is -2.28. The van der Waals surface area contributed by atoms with Gasteiger partial charge in [0.15, 0.2) is 5.65 Å². The number of hydrogen-bond donors (Lipinski definition) is 2. The Balaban J connectivity index is 1.68. The summed E-state index contributed by atoms with van der Waals surface area (Å²) in [5.41, 5.74) is 5.45. The number of aromatic hydroxyl groups is 1. The summed E-state index contributed by atoms with van der Waals surface area (Å²) >= 11 is 0. The van der Waals surface area contributed by atoms with Crippen molar-refractivity contribution < 1.29 is 9.84 Å². The summed E-state index contributed by atoms with van der Waals surface area (Å²) in [6, 6.07) is 10.3. The van der Waals surface area contributed by atoms with Crippen LogP contribution in [0.15, 0.2) is 30.3 Å². The molecule has 6 heteroatoms. The molecular weight excluding hydrogens is 292 g/mol. The van der Waals surface area contributed by atoms with Crippen LogP contribution in [0.25, 0.3) is 22.4 Å². The molecular formula is C17H18N4O2. The van der Waals surface area contributed by atoms with Crippen LogP contribution in [-0.2, 0) is 4.74 Å². The molecule has 1 aliphatic heterocycles. The van der Waals surface area contributed by atoms with Crippen molar-refractivity contribution in [3.05, 3.63) is 35.9 Å². The normalized spacial score (nSPS) is 15.3. The van der Waals surface area contributed by atoms with E-state index in [-0.39, 0.29) is 6.01 Å². The van der Waals surface area contributed by atoms with Gasteiger partial charge in [0.2, 0.25) is 0 Å². The van der Waals surface area contributed by atoms with E-state index in [0.717, 1.165) is 48.6 Å². The molecule has 0 unspecified atom stereocenters. The average Bonchev–Trinajstić information content (AvgIpc) is 2.94. The molecule has 0 amide bonds. The fourth-order valence-corrected chi connectivity index (χ4v) is 2.97. The third-order valence-electron chi connectivity index (χ3n) is 4.17. The molecule has 23 heavy (non-hydrogen) atoms. The minimum Gasteiger partial charge on any atom is -0.480 e. The highest BCUT2D eigenvalue weighted by atomic mass is 16.5. The zero-order chi connectivity index (χ0) is 15.8. The van der Waals surface area contributed by atoms with E-state index in [9.17, 15) is 5.11 Å². The maximum absolute atomic E-state index is 9.47. The van der Waals surface area contributed by atoms with E-state index >= 15 is 0 Å². The third-order valence-corrected chi connectivity index (χ3v) is 4.17. The summed E-state index contributed by atoms with van der Waals surface area (Å²) in [5.74, 6) is 0. The van der Waals surface area contributed by atoms with Gasteiger partial charge in [0.1, 0.15) is 0 Å². The first-order chi connectivity index (χ1) is 11.2. The molecule has 2 N–H and O–H groups in total. The molecule has 2 aromatic heterocycles. The van der Waals surface area contributed by atoms with E-state index in [2.05, 4.69) is 44.1 Å². The average molecular weight is 310 g/mol. The van der Waals surface area contributed by atoms with Crippen molar-refractivity contribution in [2.24, 2.45) is 0 Å². The largest absolute Gasteiger partial charge is 0.480 e. The van der Waals surface area contributed by atoms with Crippen molar-refractivity contribution in [3.63, 3.8) is 0 Å². The number of nitrogens with zero attached hydrogens (tertiary/aromatic N) is 3. The lowest BCUT2D eigenvalue weighted by molar-refractivity contribution is 0.122. The summed E-state index contributed by atoms with van der Waals surface area (Å²) in [5, 5.41) is 9.47. The summed E-state index contributed by atoms with van der Waals surface area (Å²) < 4.78 is 5.39. The van der Waals surface area contributed by atoms with E-state index in [0.29, 0.717) is 5.65 Å². The van der Waals surface area contributed by atoms with Crippen LogP contribution < -0.4 is 4.90 Å². The van der Waals surface area contributed by atoms with Crippen LogP contribution >= 0.6 is 0 Å². The number of benzene rings is 1. The summed E-state index contributed by atoms with van der Waals surface area (Å²) in [6.45, 7) is 5.42. The Labute approximate surface area is 133 Å². The van der Waals surface area contributed by atoms with E-state index in [1.165, 1.54) is 5.69 Å². The molecule has 1 saturated heterocycles. The third kappa shape index (κ3) is 2.61. The Morgan fingerprint density at radius 2 is 1.87 bits per heavy atom. The Bertz CT molecular complexity index is 836. The maximum atomic E-state index is 9.47. The van der Waals surface area contributed by atoms with Gasteiger partial charge in [0.25, 0.3) is 6.01 Å². The van der Waals surface area contributed by atoms with Gasteiger partial charge in [0, 0.05) is 24.3 Å². The Hall–Kier alpha value is -2.60. The number of fused-ring (bicyclic) bond motifs is 1. The zero-order valence-electron chi connectivity index (χ0n) is 12.9. The van der Waals surface area contributed by atoms with Gasteiger partial charge in [-0.05, 0) is 30.7 Å². The molecule has 0 aliphatic carbocycles. The fraction of sp³-hybridized carbons (Fsp3) is 0.294. The lowest BCUT2D eigenvalue weighted by Crippen LogP contribution is -2.36. The highest BCUT2D eigenvalue weighted by Gasteiger charge is 2.13. The quantitative estimate of drug-likeness (QED) is 0.760. The number of aromatic amines is 1. The highest BCUT2D eigenvalue weighted by molar-refractivity contribution is 5.78. The number of rotatable bonds is 2. The summed E-state index contributed by atoms with van der Waals surface area (Å²) in [7, 11) is 0. The van der Waals surface area contributed by atoms with Crippen molar-refractivity contribution in [2.75, 3.05) is 31.2 Å². The van der Waals surface area contributed by atoms with E-state index in [1.54, 1.807) is 0 Å². The van der Waals surface area contributed by atoms with E-state index in [1.807, 2.05) is 13.0 Å². The van der Waals surface area contributed by atoms with Gasteiger partial charge in [-0.1, -0.05) is 12.1 Å². The number of morpholine rings is 1. The van der Waals surface area contributed by atoms with Crippen LogP contribution in [0.5, 0.6) is 6.01 Å². The molecule has 0 spiro atoms. The number of aryl methyl sites for hydroxylation is 1. The van der Waals surface area contributed by atoms with Crippen LogP contribution in [0, 0.1) is 6.92 Å². The number of ether oxygens (including phenoxy) is 1. The molecule has 1 aliphatic rings. The van der Waals surface area contributed by atoms with Crippen molar-refractivity contribution in [1.82, 2.24) is 15.0 Å². The van der Waals surface area contributed by atoms with E-state index in [4.69, 9.17) is 4.74 Å². The van der Waals surface area contributed by atoms with Gasteiger partial charge in [-0.3, -0.25) is 0 Å². The van der Waals surface area contributed by atoms with Crippen LogP contribution in [0.2, 0.25) is 0 Å². The molecule has 3 aromatic rings. The predicted octanol–water partition coefficient (Wildman–Crippen LogP) is 2.48. The molecule has 4 rings (SSSR count). The monoisotopic (exact) mass is 310 g/mol. The van der Waals surface area contributed by atoms with Gasteiger partial charge in [0.05, 0.1) is 24.4 Å². The van der Waals surface area contributed by atoms with Gasteiger partial charge in [-0.2, -0.15) is 4.98 Å². The fourth-order valence-electron chi connectivity index (χ4n) is 2.97. The SMILES string of the molecule is Cc1cc2[nH]c(O)nc2nc1-c1ccc(N2CCOCC2)cc1. The summed E-state index contributed by atoms with van der Waals surface area (Å²) in [4.78, 5) is 13.7. The standard InChI is InChI=1S/C17H18N4O2/c1-11-10-14-16(20-17(22)18-14)19-15(11)12-2-4-13(5-3-12)21-6-8-23-9-7-21/h2-5,10H,6-9H2,1H3,(H2,18,19,20,22). The predicted molar refractivity (Wildman–Crippen MR) is 88.8 cm³/mol. The molecule has 1 fully saturated rings.